The maximum absolute atomic E-state index is 13.7. The smallest absolute Gasteiger partial charge is 0.201 e. The maximum Gasteiger partial charge on any atom is 0.201 e. The molecule has 6 heteroatoms. The van der Waals surface area contributed by atoms with Crippen molar-refractivity contribution in [3.05, 3.63) is 52.3 Å². The number of ether oxygens (including phenoxy) is 1. The second-order valence-corrected chi connectivity index (χ2v) is 5.52. The van der Waals surface area contributed by atoms with E-state index in [1.807, 2.05) is 24.3 Å². The molecule has 0 radical (unpaired) electrons. The van der Waals surface area contributed by atoms with Crippen molar-refractivity contribution in [3.8, 4) is 5.75 Å². The van der Waals surface area contributed by atoms with Crippen molar-refractivity contribution < 1.29 is 9.13 Å². The summed E-state index contributed by atoms with van der Waals surface area (Å²) in [6.07, 6.45) is 0. The lowest BCUT2D eigenvalue weighted by atomic mass is 10.2. The number of benzene rings is 2. The van der Waals surface area contributed by atoms with Crippen LogP contribution in [0.3, 0.4) is 0 Å². The van der Waals surface area contributed by atoms with Gasteiger partial charge < -0.3 is 15.0 Å². The Labute approximate surface area is 129 Å². The third-order valence-electron chi connectivity index (χ3n) is 3.29. The summed E-state index contributed by atoms with van der Waals surface area (Å²) in [7, 11) is 1.62. The molecule has 0 aliphatic heterocycles. The van der Waals surface area contributed by atoms with Crippen LogP contribution in [0.5, 0.6) is 5.75 Å². The summed E-state index contributed by atoms with van der Waals surface area (Å²) in [6.45, 7) is 0.501. The molecule has 2 N–H and O–H groups in total. The highest BCUT2D eigenvalue weighted by atomic mass is 79.9. The van der Waals surface area contributed by atoms with Crippen LogP contribution in [0.1, 0.15) is 5.56 Å². The lowest BCUT2D eigenvalue weighted by molar-refractivity contribution is 0.414. The van der Waals surface area contributed by atoms with Crippen LogP contribution in [-0.2, 0) is 6.54 Å². The molecular formula is C15H13BrFN3O. The zero-order valence-corrected chi connectivity index (χ0v) is 12.9. The molecule has 0 amide bonds. The van der Waals surface area contributed by atoms with Crippen LogP contribution in [0.15, 0.2) is 40.9 Å². The van der Waals surface area contributed by atoms with Gasteiger partial charge in [0.2, 0.25) is 5.95 Å². The normalized spacial score (nSPS) is 11.0. The number of imidazole rings is 1. The van der Waals surface area contributed by atoms with Crippen molar-refractivity contribution >= 4 is 32.9 Å². The van der Waals surface area contributed by atoms with Crippen molar-refractivity contribution in [2.45, 2.75) is 6.54 Å². The molecule has 0 fully saturated rings. The largest absolute Gasteiger partial charge is 0.497 e. The Kier molecular flexibility index (Phi) is 3.55. The average molecular weight is 350 g/mol. The first-order valence-electron chi connectivity index (χ1n) is 6.32. The number of nitrogens with two attached hydrogens (primary N) is 1. The van der Waals surface area contributed by atoms with Crippen LogP contribution in [0.25, 0.3) is 11.0 Å². The fraction of sp³-hybridized carbons (Fsp3) is 0.133. The lowest BCUT2D eigenvalue weighted by Gasteiger charge is -2.08. The molecule has 0 saturated heterocycles. The number of hydrogen-bond acceptors (Lipinski definition) is 3. The molecule has 0 spiro atoms. The van der Waals surface area contributed by atoms with E-state index in [0.717, 1.165) is 11.3 Å². The van der Waals surface area contributed by atoms with Crippen molar-refractivity contribution in [1.29, 1.82) is 0 Å². The zero-order valence-electron chi connectivity index (χ0n) is 11.3. The molecule has 1 aromatic heterocycles. The Morgan fingerprint density at radius 1 is 1.33 bits per heavy atom. The van der Waals surface area contributed by atoms with E-state index in [-0.39, 0.29) is 5.82 Å². The first kappa shape index (κ1) is 13.9. The Morgan fingerprint density at radius 3 is 2.90 bits per heavy atom. The molecule has 0 saturated carbocycles. The monoisotopic (exact) mass is 349 g/mol. The van der Waals surface area contributed by atoms with Gasteiger partial charge in [-0.15, -0.1) is 0 Å². The van der Waals surface area contributed by atoms with E-state index in [1.165, 1.54) is 6.07 Å². The highest BCUT2D eigenvalue weighted by molar-refractivity contribution is 9.10. The molecule has 1 heterocycles. The summed E-state index contributed by atoms with van der Waals surface area (Å²) >= 11 is 3.15. The van der Waals surface area contributed by atoms with Gasteiger partial charge in [-0.2, -0.15) is 0 Å². The highest BCUT2D eigenvalue weighted by Crippen LogP contribution is 2.26. The standard InChI is InChI=1S/C15H13BrFN3O/c1-21-10-4-2-3-9(5-10)8-20-14-7-12(17)11(16)6-13(14)19-15(20)18/h2-7H,8H2,1H3,(H2,18,19). The van der Waals surface area contributed by atoms with Gasteiger partial charge in [-0.25, -0.2) is 9.37 Å². The molecule has 3 rings (SSSR count). The van der Waals surface area contributed by atoms with Crippen molar-refractivity contribution in [2.75, 3.05) is 12.8 Å². The molecule has 0 aliphatic rings. The second kappa shape index (κ2) is 5.37. The molecule has 21 heavy (non-hydrogen) atoms. The number of rotatable bonds is 3. The summed E-state index contributed by atoms with van der Waals surface area (Å²) in [5.74, 6) is 0.782. The summed E-state index contributed by atoms with van der Waals surface area (Å²) in [5, 5.41) is 0. The summed E-state index contributed by atoms with van der Waals surface area (Å²) < 4.78 is 21.1. The first-order chi connectivity index (χ1) is 10.1. The molecule has 0 unspecified atom stereocenters. The molecule has 0 bridgehead atoms. The van der Waals surface area contributed by atoms with Gasteiger partial charge in [-0.3, -0.25) is 0 Å². The molecule has 2 aromatic carbocycles. The van der Waals surface area contributed by atoms with Gasteiger partial charge in [0.1, 0.15) is 11.6 Å². The predicted molar refractivity (Wildman–Crippen MR) is 83.9 cm³/mol. The predicted octanol–water partition coefficient (Wildman–Crippen LogP) is 3.58. The molecule has 0 atom stereocenters. The quantitative estimate of drug-likeness (QED) is 0.786. The van der Waals surface area contributed by atoms with Crippen molar-refractivity contribution in [2.24, 2.45) is 0 Å². The number of halogens is 2. The van der Waals surface area contributed by atoms with Crippen LogP contribution in [0, 0.1) is 5.82 Å². The van der Waals surface area contributed by atoms with Crippen LogP contribution in [-0.4, -0.2) is 16.7 Å². The Balaban J connectivity index is 2.07. The first-order valence-corrected chi connectivity index (χ1v) is 7.11. The van der Waals surface area contributed by atoms with Gasteiger partial charge in [-0.1, -0.05) is 12.1 Å². The van der Waals surface area contributed by atoms with E-state index < -0.39 is 0 Å². The fourth-order valence-corrected chi connectivity index (χ4v) is 2.59. The van der Waals surface area contributed by atoms with Gasteiger partial charge in [0.05, 0.1) is 29.2 Å². The molecule has 3 aromatic rings. The lowest BCUT2D eigenvalue weighted by Crippen LogP contribution is -2.04. The number of nitrogens with zero attached hydrogens (tertiary/aromatic N) is 2. The number of aromatic nitrogens is 2. The number of methoxy groups -OCH3 is 1. The minimum atomic E-state index is -0.339. The van der Waals surface area contributed by atoms with Gasteiger partial charge in [-0.05, 0) is 39.7 Å². The van der Waals surface area contributed by atoms with E-state index in [4.69, 9.17) is 10.5 Å². The number of fused-ring (bicyclic) bond motifs is 1. The SMILES string of the molecule is COc1cccc(Cn2c(N)nc3cc(Br)c(F)cc32)c1. The van der Waals surface area contributed by atoms with E-state index in [0.29, 0.717) is 28.0 Å². The van der Waals surface area contributed by atoms with Crippen molar-refractivity contribution in [1.82, 2.24) is 9.55 Å². The van der Waals surface area contributed by atoms with Crippen LogP contribution < -0.4 is 10.5 Å². The third kappa shape index (κ3) is 2.58. The summed E-state index contributed by atoms with van der Waals surface area (Å²) in [4.78, 5) is 4.27. The van der Waals surface area contributed by atoms with Gasteiger partial charge >= 0.3 is 0 Å². The average Bonchev–Trinajstić information content (AvgIpc) is 2.76. The van der Waals surface area contributed by atoms with E-state index in [2.05, 4.69) is 20.9 Å². The van der Waals surface area contributed by atoms with E-state index >= 15 is 0 Å². The maximum atomic E-state index is 13.7. The molecule has 0 aliphatic carbocycles. The number of anilines is 1. The fourth-order valence-electron chi connectivity index (χ4n) is 2.26. The summed E-state index contributed by atoms with van der Waals surface area (Å²) in [6, 6.07) is 10.7. The van der Waals surface area contributed by atoms with Crippen molar-refractivity contribution in [3.63, 3.8) is 0 Å². The topological polar surface area (TPSA) is 53.1 Å². The van der Waals surface area contributed by atoms with E-state index in [1.54, 1.807) is 17.7 Å². The Bertz CT molecular complexity index is 816. The molecule has 108 valence electrons. The summed E-state index contributed by atoms with van der Waals surface area (Å²) in [5.41, 5.74) is 8.28. The number of nitrogen functional groups attached to an aromatic ring is 1. The second-order valence-electron chi connectivity index (χ2n) is 4.66. The zero-order chi connectivity index (χ0) is 15.0. The number of hydrogen-bond donors (Lipinski definition) is 1. The van der Waals surface area contributed by atoms with Crippen LogP contribution in [0.2, 0.25) is 0 Å². The minimum absolute atomic E-state index is 0.339. The van der Waals surface area contributed by atoms with E-state index in [9.17, 15) is 4.39 Å². The van der Waals surface area contributed by atoms with Gasteiger partial charge in [0.25, 0.3) is 0 Å². The van der Waals surface area contributed by atoms with Gasteiger partial charge in [0.15, 0.2) is 0 Å². The van der Waals surface area contributed by atoms with Crippen LogP contribution in [0.4, 0.5) is 10.3 Å². The van der Waals surface area contributed by atoms with Gasteiger partial charge in [0, 0.05) is 6.07 Å². The molecular weight excluding hydrogens is 337 g/mol. The minimum Gasteiger partial charge on any atom is -0.497 e. The Hall–Kier alpha value is -2.08. The highest BCUT2D eigenvalue weighted by Gasteiger charge is 2.12. The van der Waals surface area contributed by atoms with Crippen LogP contribution >= 0.6 is 15.9 Å². The Morgan fingerprint density at radius 2 is 2.14 bits per heavy atom. The molecule has 4 nitrogen and oxygen atoms in total. The third-order valence-corrected chi connectivity index (χ3v) is 3.90.